The number of nitriles is 1. The molecule has 3 heteroatoms. The first-order valence-electron chi connectivity index (χ1n) is 4.63. The monoisotopic (exact) mass is 189 g/mol. The highest BCUT2D eigenvalue weighted by molar-refractivity contribution is 5.30. The molecule has 1 N–H and O–H groups in total. The van der Waals surface area contributed by atoms with Crippen molar-refractivity contribution in [3.8, 4) is 17.6 Å². The summed E-state index contributed by atoms with van der Waals surface area (Å²) < 4.78 is 5.58. The van der Waals surface area contributed by atoms with Gasteiger partial charge in [-0.25, -0.2) is 0 Å². The molecule has 0 unspecified atom stereocenters. The van der Waals surface area contributed by atoms with Crippen molar-refractivity contribution in [2.45, 2.75) is 18.9 Å². The van der Waals surface area contributed by atoms with Gasteiger partial charge in [0.05, 0.1) is 12.0 Å². The number of ether oxygens (including phenoxy) is 1. The van der Waals surface area contributed by atoms with Crippen LogP contribution in [0, 0.1) is 17.2 Å². The molecule has 1 fully saturated rings. The predicted octanol–water partition coefficient (Wildman–Crippen LogP) is 2.07. The number of phenolic OH excluding ortho intramolecular Hbond substituents is 1. The largest absolute Gasteiger partial charge is 0.508 e. The van der Waals surface area contributed by atoms with Gasteiger partial charge in [-0.15, -0.1) is 0 Å². The van der Waals surface area contributed by atoms with E-state index < -0.39 is 0 Å². The Morgan fingerprint density at radius 2 is 1.93 bits per heavy atom. The topological polar surface area (TPSA) is 53.2 Å². The maximum Gasteiger partial charge on any atom is 0.119 e. The Labute approximate surface area is 82.6 Å². The Balaban J connectivity index is 1.88. The molecule has 1 aliphatic carbocycles. The van der Waals surface area contributed by atoms with E-state index in [2.05, 4.69) is 6.07 Å². The van der Waals surface area contributed by atoms with E-state index in [4.69, 9.17) is 15.1 Å². The Morgan fingerprint density at radius 1 is 1.29 bits per heavy atom. The average molecular weight is 189 g/mol. The van der Waals surface area contributed by atoms with E-state index in [1.165, 1.54) is 0 Å². The molecule has 3 nitrogen and oxygen atoms in total. The zero-order valence-corrected chi connectivity index (χ0v) is 7.68. The molecular formula is C11H11NO2. The number of rotatable bonds is 2. The van der Waals surface area contributed by atoms with E-state index in [0.717, 1.165) is 18.6 Å². The number of benzene rings is 1. The summed E-state index contributed by atoms with van der Waals surface area (Å²) >= 11 is 0. The zero-order valence-electron chi connectivity index (χ0n) is 7.68. The van der Waals surface area contributed by atoms with Crippen molar-refractivity contribution in [3.05, 3.63) is 24.3 Å². The Morgan fingerprint density at radius 3 is 2.50 bits per heavy atom. The number of hydrogen-bond acceptors (Lipinski definition) is 3. The minimum atomic E-state index is 0.164. The molecule has 0 bridgehead atoms. The maximum atomic E-state index is 9.04. The Hall–Kier alpha value is -1.69. The summed E-state index contributed by atoms with van der Waals surface area (Å²) in [4.78, 5) is 0. The van der Waals surface area contributed by atoms with Crippen LogP contribution in [-0.4, -0.2) is 11.2 Å². The molecule has 1 aliphatic rings. The van der Waals surface area contributed by atoms with Gasteiger partial charge in [0.2, 0.25) is 0 Å². The Bertz CT molecular complexity index is 347. The van der Waals surface area contributed by atoms with Crippen LogP contribution in [0.2, 0.25) is 0 Å². The van der Waals surface area contributed by atoms with Crippen molar-refractivity contribution in [2.24, 2.45) is 5.92 Å². The third-order valence-electron chi connectivity index (χ3n) is 2.42. The summed E-state index contributed by atoms with van der Waals surface area (Å²) in [6.07, 6.45) is 1.80. The summed E-state index contributed by atoms with van der Waals surface area (Å²) in [7, 11) is 0. The van der Waals surface area contributed by atoms with E-state index in [1.807, 2.05) is 0 Å². The van der Waals surface area contributed by atoms with Gasteiger partial charge in [0.25, 0.3) is 0 Å². The minimum absolute atomic E-state index is 0.164. The van der Waals surface area contributed by atoms with Crippen LogP contribution in [-0.2, 0) is 0 Å². The van der Waals surface area contributed by atoms with Crippen LogP contribution in [0.3, 0.4) is 0 Å². The molecule has 0 radical (unpaired) electrons. The lowest BCUT2D eigenvalue weighted by Gasteiger charge is -2.30. The van der Waals surface area contributed by atoms with E-state index in [0.29, 0.717) is 0 Å². The normalized spacial score (nSPS) is 24.8. The van der Waals surface area contributed by atoms with E-state index in [-0.39, 0.29) is 17.8 Å². The van der Waals surface area contributed by atoms with Crippen molar-refractivity contribution in [2.75, 3.05) is 0 Å². The van der Waals surface area contributed by atoms with Gasteiger partial charge in [0.1, 0.15) is 17.6 Å². The van der Waals surface area contributed by atoms with Crippen LogP contribution in [0.25, 0.3) is 0 Å². The second-order valence-corrected chi connectivity index (χ2v) is 3.53. The quantitative estimate of drug-likeness (QED) is 0.774. The van der Waals surface area contributed by atoms with Gasteiger partial charge < -0.3 is 9.84 Å². The molecule has 0 aliphatic heterocycles. The second kappa shape index (κ2) is 3.59. The van der Waals surface area contributed by atoms with Crippen LogP contribution in [0.15, 0.2) is 24.3 Å². The fourth-order valence-electron chi connectivity index (χ4n) is 1.48. The van der Waals surface area contributed by atoms with Crippen molar-refractivity contribution in [1.29, 1.82) is 5.26 Å². The average Bonchev–Trinajstić information content (AvgIpc) is 2.13. The molecule has 0 saturated heterocycles. The van der Waals surface area contributed by atoms with E-state index >= 15 is 0 Å². The lowest BCUT2D eigenvalue weighted by atomic mass is 9.83. The molecule has 0 heterocycles. The van der Waals surface area contributed by atoms with Gasteiger partial charge in [-0.3, -0.25) is 0 Å². The molecule has 1 aromatic carbocycles. The second-order valence-electron chi connectivity index (χ2n) is 3.53. The van der Waals surface area contributed by atoms with E-state index in [9.17, 15) is 0 Å². The molecule has 1 saturated carbocycles. The smallest absolute Gasteiger partial charge is 0.119 e. The number of nitrogens with zero attached hydrogens (tertiary/aromatic N) is 1. The first-order valence-corrected chi connectivity index (χ1v) is 4.63. The van der Waals surface area contributed by atoms with Crippen LogP contribution < -0.4 is 4.74 Å². The lowest BCUT2D eigenvalue weighted by Crippen LogP contribution is -2.32. The molecule has 0 spiro atoms. The number of phenols is 1. The first kappa shape index (κ1) is 8.89. The number of aromatic hydroxyl groups is 1. The summed E-state index contributed by atoms with van der Waals surface area (Å²) in [6.45, 7) is 0. The van der Waals surface area contributed by atoms with Crippen molar-refractivity contribution < 1.29 is 9.84 Å². The maximum absolute atomic E-state index is 9.04. The molecule has 0 aromatic heterocycles. The molecule has 72 valence electrons. The van der Waals surface area contributed by atoms with Crippen LogP contribution in [0.4, 0.5) is 0 Å². The molecular weight excluding hydrogens is 178 g/mol. The highest BCUT2D eigenvalue weighted by Gasteiger charge is 2.30. The fraction of sp³-hybridized carbons (Fsp3) is 0.364. The molecule has 14 heavy (non-hydrogen) atoms. The number of hydrogen-bond donors (Lipinski definition) is 1. The molecule has 2 rings (SSSR count). The van der Waals surface area contributed by atoms with Gasteiger partial charge in [-0.1, -0.05) is 0 Å². The fourth-order valence-corrected chi connectivity index (χ4v) is 1.48. The summed E-state index contributed by atoms with van der Waals surface area (Å²) in [5.74, 6) is 1.15. The molecule has 0 amide bonds. The third kappa shape index (κ3) is 1.80. The first-order chi connectivity index (χ1) is 6.78. The van der Waals surface area contributed by atoms with Crippen molar-refractivity contribution in [1.82, 2.24) is 0 Å². The molecule has 1 aromatic rings. The van der Waals surface area contributed by atoms with Gasteiger partial charge in [0, 0.05) is 12.8 Å². The lowest BCUT2D eigenvalue weighted by molar-refractivity contribution is 0.0893. The van der Waals surface area contributed by atoms with Crippen LogP contribution in [0.1, 0.15) is 12.8 Å². The Kier molecular flexibility index (Phi) is 2.28. The van der Waals surface area contributed by atoms with Crippen molar-refractivity contribution >= 4 is 0 Å². The van der Waals surface area contributed by atoms with Gasteiger partial charge in [0.15, 0.2) is 0 Å². The minimum Gasteiger partial charge on any atom is -0.508 e. The zero-order chi connectivity index (χ0) is 9.97. The van der Waals surface area contributed by atoms with E-state index in [1.54, 1.807) is 24.3 Å². The summed E-state index contributed by atoms with van der Waals surface area (Å²) in [5, 5.41) is 17.6. The highest BCUT2D eigenvalue weighted by Crippen LogP contribution is 2.30. The van der Waals surface area contributed by atoms with Crippen LogP contribution in [0.5, 0.6) is 11.5 Å². The summed E-state index contributed by atoms with van der Waals surface area (Å²) in [5.41, 5.74) is 0. The van der Waals surface area contributed by atoms with Gasteiger partial charge >= 0.3 is 0 Å². The van der Waals surface area contributed by atoms with Crippen LogP contribution >= 0.6 is 0 Å². The van der Waals surface area contributed by atoms with Gasteiger partial charge in [-0.05, 0) is 24.3 Å². The SMILES string of the molecule is N#C[C@H]1C[C@@H](Oc2ccc(O)cc2)C1. The summed E-state index contributed by atoms with van der Waals surface area (Å²) in [6, 6.07) is 8.85. The highest BCUT2D eigenvalue weighted by atomic mass is 16.5. The van der Waals surface area contributed by atoms with Gasteiger partial charge in [-0.2, -0.15) is 5.26 Å². The van der Waals surface area contributed by atoms with Crippen molar-refractivity contribution in [3.63, 3.8) is 0 Å². The predicted molar refractivity (Wildman–Crippen MR) is 50.9 cm³/mol. The standard InChI is InChI=1S/C11H11NO2/c12-7-8-5-11(6-8)14-10-3-1-9(13)2-4-10/h1-4,8,11,13H,5-6H2/t8-,11+. The third-order valence-corrected chi connectivity index (χ3v) is 2.42. The molecule has 0 atom stereocenters.